The normalized spacial score (nSPS) is 12.0. The molecule has 6 nitrogen and oxygen atoms in total. The zero-order valence-electron chi connectivity index (χ0n) is 16.8. The van der Waals surface area contributed by atoms with E-state index in [0.717, 1.165) is 27.1 Å². The molecule has 172 valence electrons. The highest BCUT2D eigenvalue weighted by Gasteiger charge is 2.30. The summed E-state index contributed by atoms with van der Waals surface area (Å²) >= 11 is 3.28. The number of carbonyl (C=O) groups excluding carboxylic acids is 1. The number of alkyl halides is 3. The van der Waals surface area contributed by atoms with Crippen molar-refractivity contribution < 1.29 is 26.4 Å². The predicted octanol–water partition coefficient (Wildman–Crippen LogP) is 4.81. The van der Waals surface area contributed by atoms with Gasteiger partial charge in [0.25, 0.3) is 15.9 Å². The van der Waals surface area contributed by atoms with E-state index >= 15 is 0 Å². The summed E-state index contributed by atoms with van der Waals surface area (Å²) in [4.78, 5) is 12.5. The monoisotopic (exact) mass is 539 g/mol. The zero-order valence-corrected chi connectivity index (χ0v) is 19.2. The SMILES string of the molecule is O=C(CN(c1ccc(Br)cc1)S(=O)(=O)c1ccccc1)N/N=C\c1cccc(C(F)(F)F)c1. The summed E-state index contributed by atoms with van der Waals surface area (Å²) in [7, 11) is -4.08. The molecule has 11 heteroatoms. The van der Waals surface area contributed by atoms with Gasteiger partial charge in [0.1, 0.15) is 6.54 Å². The molecule has 0 atom stereocenters. The number of nitrogens with zero attached hydrogens (tertiary/aromatic N) is 2. The quantitative estimate of drug-likeness (QED) is 0.345. The standard InChI is InChI=1S/C22H17BrF3N3O3S/c23-18-9-11-19(12-10-18)29(33(31,32)20-7-2-1-3-8-20)15-21(30)28-27-14-16-5-4-6-17(13-16)22(24,25)26/h1-14H,15H2,(H,28,30)/b27-14-. The molecule has 0 unspecified atom stereocenters. The van der Waals surface area contributed by atoms with Crippen LogP contribution in [0.5, 0.6) is 0 Å². The minimum atomic E-state index is -4.51. The van der Waals surface area contributed by atoms with E-state index in [1.807, 2.05) is 0 Å². The molecule has 0 saturated heterocycles. The van der Waals surface area contributed by atoms with E-state index in [2.05, 4.69) is 26.5 Å². The second kappa shape index (κ2) is 10.2. The Hall–Kier alpha value is -3.18. The summed E-state index contributed by atoms with van der Waals surface area (Å²) in [6.45, 7) is -0.598. The highest BCUT2D eigenvalue weighted by Crippen LogP contribution is 2.29. The third-order valence-corrected chi connectivity index (χ3v) is 6.67. The molecule has 0 spiro atoms. The number of amides is 1. The molecule has 0 aliphatic heterocycles. The Bertz CT molecular complexity index is 1250. The largest absolute Gasteiger partial charge is 0.416 e. The molecule has 3 rings (SSSR count). The van der Waals surface area contributed by atoms with Crippen molar-refractivity contribution >= 4 is 43.8 Å². The Morgan fingerprint density at radius 3 is 2.30 bits per heavy atom. The average Bonchev–Trinajstić information content (AvgIpc) is 2.78. The lowest BCUT2D eigenvalue weighted by atomic mass is 10.1. The molecule has 0 aromatic heterocycles. The molecule has 0 aliphatic carbocycles. The second-order valence-electron chi connectivity index (χ2n) is 6.72. The van der Waals surface area contributed by atoms with Gasteiger partial charge in [0.2, 0.25) is 0 Å². The van der Waals surface area contributed by atoms with E-state index in [1.165, 1.54) is 36.4 Å². The van der Waals surface area contributed by atoms with E-state index < -0.39 is 34.2 Å². The van der Waals surface area contributed by atoms with Gasteiger partial charge in [0.15, 0.2) is 0 Å². The van der Waals surface area contributed by atoms with Gasteiger partial charge in [-0.15, -0.1) is 0 Å². The highest BCUT2D eigenvalue weighted by atomic mass is 79.9. The topological polar surface area (TPSA) is 78.8 Å². The maximum Gasteiger partial charge on any atom is 0.416 e. The number of anilines is 1. The summed E-state index contributed by atoms with van der Waals surface area (Å²) in [5.74, 6) is -0.777. The van der Waals surface area contributed by atoms with Crippen molar-refractivity contribution in [2.45, 2.75) is 11.1 Å². The average molecular weight is 540 g/mol. The number of hydrogen-bond acceptors (Lipinski definition) is 4. The molecule has 0 bridgehead atoms. The van der Waals surface area contributed by atoms with Crippen molar-refractivity contribution in [2.75, 3.05) is 10.8 Å². The molecular formula is C22H17BrF3N3O3S. The van der Waals surface area contributed by atoms with Crippen LogP contribution in [-0.2, 0) is 21.0 Å². The Labute approximate surface area is 196 Å². The van der Waals surface area contributed by atoms with E-state index in [1.54, 1.807) is 30.3 Å². The van der Waals surface area contributed by atoms with Crippen LogP contribution in [0.25, 0.3) is 0 Å². The summed E-state index contributed by atoms with van der Waals surface area (Å²) in [5, 5.41) is 3.66. The van der Waals surface area contributed by atoms with Crippen molar-refractivity contribution in [3.8, 4) is 0 Å². The van der Waals surface area contributed by atoms with E-state index in [-0.39, 0.29) is 16.1 Å². The lowest BCUT2D eigenvalue weighted by Crippen LogP contribution is -2.39. The van der Waals surface area contributed by atoms with Crippen molar-refractivity contribution in [1.29, 1.82) is 0 Å². The first-order valence-electron chi connectivity index (χ1n) is 9.40. The molecular weight excluding hydrogens is 523 g/mol. The van der Waals surface area contributed by atoms with Crippen LogP contribution in [0.2, 0.25) is 0 Å². The number of benzene rings is 3. The van der Waals surface area contributed by atoms with E-state index in [4.69, 9.17) is 0 Å². The van der Waals surface area contributed by atoms with Gasteiger partial charge in [0, 0.05) is 4.47 Å². The third kappa shape index (κ3) is 6.42. The van der Waals surface area contributed by atoms with Crippen LogP contribution in [0, 0.1) is 0 Å². The Kier molecular flexibility index (Phi) is 7.54. The van der Waals surface area contributed by atoms with Gasteiger partial charge >= 0.3 is 6.18 Å². The maximum atomic E-state index is 13.2. The van der Waals surface area contributed by atoms with E-state index in [9.17, 15) is 26.4 Å². The second-order valence-corrected chi connectivity index (χ2v) is 9.50. The van der Waals surface area contributed by atoms with Gasteiger partial charge in [-0.05, 0) is 54.1 Å². The Morgan fingerprint density at radius 1 is 1.00 bits per heavy atom. The molecule has 3 aromatic carbocycles. The van der Waals surface area contributed by atoms with Crippen LogP contribution >= 0.6 is 15.9 Å². The Morgan fingerprint density at radius 2 is 1.67 bits per heavy atom. The van der Waals surface area contributed by atoms with Crippen LogP contribution in [0.4, 0.5) is 18.9 Å². The van der Waals surface area contributed by atoms with Crippen molar-refractivity contribution in [3.05, 3.63) is 94.5 Å². The molecule has 1 N–H and O–H groups in total. The zero-order chi connectivity index (χ0) is 24.1. The molecule has 0 fully saturated rings. The van der Waals surface area contributed by atoms with Crippen molar-refractivity contribution in [2.24, 2.45) is 5.10 Å². The van der Waals surface area contributed by atoms with Crippen LogP contribution in [0.1, 0.15) is 11.1 Å². The van der Waals surface area contributed by atoms with Gasteiger partial charge in [-0.2, -0.15) is 18.3 Å². The summed E-state index contributed by atoms with van der Waals surface area (Å²) < 4.78 is 66.4. The molecule has 1 amide bonds. The number of halogens is 4. The number of sulfonamides is 1. The van der Waals surface area contributed by atoms with Gasteiger partial charge in [-0.3, -0.25) is 9.10 Å². The maximum absolute atomic E-state index is 13.2. The fraction of sp³-hybridized carbons (Fsp3) is 0.0909. The van der Waals surface area contributed by atoms with Gasteiger partial charge < -0.3 is 0 Å². The number of rotatable bonds is 7. The number of hydrazone groups is 1. The van der Waals surface area contributed by atoms with Crippen LogP contribution < -0.4 is 9.73 Å². The first-order valence-corrected chi connectivity index (χ1v) is 11.6. The third-order valence-electron chi connectivity index (χ3n) is 4.35. The van der Waals surface area contributed by atoms with Gasteiger partial charge in [0.05, 0.1) is 22.4 Å². The first kappa shape index (κ1) is 24.5. The Balaban J connectivity index is 1.80. The smallest absolute Gasteiger partial charge is 0.271 e. The number of nitrogens with one attached hydrogen (secondary N) is 1. The number of carbonyl (C=O) groups is 1. The van der Waals surface area contributed by atoms with Crippen molar-refractivity contribution in [1.82, 2.24) is 5.43 Å². The lowest BCUT2D eigenvalue weighted by molar-refractivity contribution is -0.137. The van der Waals surface area contributed by atoms with Crippen LogP contribution in [0.3, 0.4) is 0 Å². The summed E-state index contributed by atoms with van der Waals surface area (Å²) in [6.07, 6.45) is -3.47. The fourth-order valence-electron chi connectivity index (χ4n) is 2.78. The fourth-order valence-corrected chi connectivity index (χ4v) is 4.49. The highest BCUT2D eigenvalue weighted by molar-refractivity contribution is 9.10. The van der Waals surface area contributed by atoms with Gasteiger partial charge in [-0.25, -0.2) is 13.8 Å². The van der Waals surface area contributed by atoms with Crippen LogP contribution in [-0.4, -0.2) is 27.1 Å². The number of hydrogen-bond donors (Lipinski definition) is 1. The molecule has 0 radical (unpaired) electrons. The minimum Gasteiger partial charge on any atom is -0.271 e. The van der Waals surface area contributed by atoms with Crippen molar-refractivity contribution in [3.63, 3.8) is 0 Å². The van der Waals surface area contributed by atoms with Crippen LogP contribution in [0.15, 0.2) is 93.3 Å². The molecule has 0 aliphatic rings. The molecule has 0 saturated carbocycles. The lowest BCUT2D eigenvalue weighted by Gasteiger charge is -2.23. The molecule has 0 heterocycles. The molecule has 33 heavy (non-hydrogen) atoms. The van der Waals surface area contributed by atoms with Gasteiger partial charge in [-0.1, -0.05) is 46.3 Å². The minimum absolute atomic E-state index is 0.00631. The summed E-state index contributed by atoms with van der Waals surface area (Å²) in [6, 6.07) is 18.3. The predicted molar refractivity (Wildman–Crippen MR) is 122 cm³/mol. The first-order chi connectivity index (χ1) is 15.6. The molecule has 3 aromatic rings. The summed E-state index contributed by atoms with van der Waals surface area (Å²) in [5.41, 5.74) is 1.67. The van der Waals surface area contributed by atoms with E-state index in [0.29, 0.717) is 0 Å².